The Balaban J connectivity index is 2.71. The maximum absolute atomic E-state index is 12.4. The number of hydrogen-bond donors (Lipinski definition) is 2. The van der Waals surface area contributed by atoms with Gasteiger partial charge in [-0.2, -0.15) is 0 Å². The molecule has 0 aromatic heterocycles. The van der Waals surface area contributed by atoms with E-state index in [4.69, 9.17) is 16.3 Å². The van der Waals surface area contributed by atoms with E-state index < -0.39 is 6.09 Å². The molecule has 0 aliphatic heterocycles. The molecule has 5 nitrogen and oxygen atoms in total. The molecule has 0 heterocycles. The standard InChI is InChI=1S/C17H25ClN2O3S/c1-5-23-17(22)20-12(8-11(2)3)10-19-16(21)14-9-13(24-4)6-7-15(14)18/h6-7,9,11-12H,5,8,10H2,1-4H3,(H,19,21)(H,20,22). The molecule has 0 aliphatic carbocycles. The lowest BCUT2D eigenvalue weighted by Crippen LogP contribution is -2.44. The van der Waals surface area contributed by atoms with Gasteiger partial charge in [0.25, 0.3) is 5.91 Å². The second-order valence-corrected chi connectivity index (χ2v) is 7.03. The van der Waals surface area contributed by atoms with Gasteiger partial charge in [0.05, 0.1) is 17.2 Å². The van der Waals surface area contributed by atoms with Crippen molar-refractivity contribution in [2.24, 2.45) is 5.92 Å². The quantitative estimate of drug-likeness (QED) is 0.678. The zero-order valence-electron chi connectivity index (χ0n) is 14.5. The minimum atomic E-state index is -0.472. The normalized spacial score (nSPS) is 11.9. The Kier molecular flexibility index (Phi) is 9.00. The number of carbonyl (C=O) groups excluding carboxylic acids is 2. The molecule has 0 spiro atoms. The smallest absolute Gasteiger partial charge is 0.407 e. The average molecular weight is 373 g/mol. The summed E-state index contributed by atoms with van der Waals surface area (Å²) in [6, 6.07) is 5.15. The number of halogens is 1. The highest BCUT2D eigenvalue weighted by atomic mass is 35.5. The number of alkyl carbamates (subject to hydrolysis) is 1. The van der Waals surface area contributed by atoms with Gasteiger partial charge in [-0.1, -0.05) is 25.4 Å². The van der Waals surface area contributed by atoms with Crippen LogP contribution in [0.25, 0.3) is 0 Å². The van der Waals surface area contributed by atoms with Gasteiger partial charge < -0.3 is 15.4 Å². The molecular weight excluding hydrogens is 348 g/mol. The molecule has 134 valence electrons. The number of ether oxygens (including phenoxy) is 1. The Morgan fingerprint density at radius 1 is 1.33 bits per heavy atom. The molecule has 0 radical (unpaired) electrons. The molecule has 1 aromatic rings. The van der Waals surface area contributed by atoms with Gasteiger partial charge in [0.1, 0.15) is 0 Å². The van der Waals surface area contributed by atoms with Crippen molar-refractivity contribution in [2.45, 2.75) is 38.1 Å². The predicted octanol–water partition coefficient (Wildman–Crippen LogP) is 3.95. The zero-order valence-corrected chi connectivity index (χ0v) is 16.1. The van der Waals surface area contributed by atoms with Gasteiger partial charge in [0, 0.05) is 17.5 Å². The molecule has 0 aliphatic rings. The van der Waals surface area contributed by atoms with Gasteiger partial charge in [-0.3, -0.25) is 4.79 Å². The summed E-state index contributed by atoms with van der Waals surface area (Å²) in [5.74, 6) is 0.118. The van der Waals surface area contributed by atoms with E-state index in [0.29, 0.717) is 29.7 Å². The number of thioether (sulfide) groups is 1. The highest BCUT2D eigenvalue weighted by molar-refractivity contribution is 7.98. The number of rotatable bonds is 8. The Hall–Kier alpha value is -1.40. The molecule has 2 amide bonds. The van der Waals surface area contributed by atoms with Crippen LogP contribution in [-0.4, -0.2) is 37.4 Å². The fourth-order valence-corrected chi connectivity index (χ4v) is 2.86. The molecule has 1 atom stereocenters. The Bertz CT molecular complexity index is 567. The molecule has 0 saturated heterocycles. The predicted molar refractivity (Wildman–Crippen MR) is 99.0 cm³/mol. The number of hydrogen-bond acceptors (Lipinski definition) is 4. The van der Waals surface area contributed by atoms with Crippen LogP contribution in [0.4, 0.5) is 4.79 Å². The summed E-state index contributed by atoms with van der Waals surface area (Å²) in [7, 11) is 0. The first-order chi connectivity index (χ1) is 11.4. The van der Waals surface area contributed by atoms with Crippen LogP contribution in [0.5, 0.6) is 0 Å². The van der Waals surface area contributed by atoms with E-state index in [-0.39, 0.29) is 11.9 Å². The van der Waals surface area contributed by atoms with Crippen molar-refractivity contribution < 1.29 is 14.3 Å². The van der Waals surface area contributed by atoms with E-state index in [1.807, 2.05) is 12.3 Å². The van der Waals surface area contributed by atoms with Crippen LogP contribution in [0, 0.1) is 5.92 Å². The molecular formula is C17H25ClN2O3S. The van der Waals surface area contributed by atoms with Crippen LogP contribution < -0.4 is 10.6 Å². The van der Waals surface area contributed by atoms with Crippen molar-refractivity contribution >= 4 is 35.4 Å². The Morgan fingerprint density at radius 2 is 2.04 bits per heavy atom. The summed E-state index contributed by atoms with van der Waals surface area (Å²) in [6.07, 6.45) is 2.20. The summed E-state index contributed by atoms with van der Waals surface area (Å²) in [4.78, 5) is 25.0. The maximum atomic E-state index is 12.4. The number of benzene rings is 1. The van der Waals surface area contributed by atoms with Gasteiger partial charge in [0.2, 0.25) is 0 Å². The van der Waals surface area contributed by atoms with Gasteiger partial charge in [-0.25, -0.2) is 4.79 Å². The van der Waals surface area contributed by atoms with Crippen LogP contribution in [0.3, 0.4) is 0 Å². The van der Waals surface area contributed by atoms with E-state index >= 15 is 0 Å². The van der Waals surface area contributed by atoms with E-state index in [2.05, 4.69) is 24.5 Å². The van der Waals surface area contributed by atoms with Crippen LogP contribution in [0.2, 0.25) is 5.02 Å². The third-order valence-corrected chi connectivity index (χ3v) is 4.34. The van der Waals surface area contributed by atoms with Crippen LogP contribution in [0.1, 0.15) is 37.6 Å². The second kappa shape index (κ2) is 10.5. The van der Waals surface area contributed by atoms with Gasteiger partial charge >= 0.3 is 6.09 Å². The van der Waals surface area contributed by atoms with Crippen molar-refractivity contribution in [2.75, 3.05) is 19.4 Å². The molecule has 7 heteroatoms. The first-order valence-corrected chi connectivity index (χ1v) is 9.52. The molecule has 0 bridgehead atoms. The molecule has 24 heavy (non-hydrogen) atoms. The summed E-state index contributed by atoms with van der Waals surface area (Å²) >= 11 is 7.66. The lowest BCUT2D eigenvalue weighted by Gasteiger charge is -2.21. The van der Waals surface area contributed by atoms with Crippen molar-refractivity contribution in [3.05, 3.63) is 28.8 Å². The van der Waals surface area contributed by atoms with Crippen molar-refractivity contribution in [1.29, 1.82) is 0 Å². The van der Waals surface area contributed by atoms with Crippen LogP contribution in [0.15, 0.2) is 23.1 Å². The van der Waals surface area contributed by atoms with E-state index in [9.17, 15) is 9.59 Å². The van der Waals surface area contributed by atoms with Crippen LogP contribution in [-0.2, 0) is 4.74 Å². The summed E-state index contributed by atoms with van der Waals surface area (Å²) in [5, 5.41) is 6.03. The fraction of sp³-hybridized carbons (Fsp3) is 0.529. The number of amides is 2. The SMILES string of the molecule is CCOC(=O)NC(CNC(=O)c1cc(SC)ccc1Cl)CC(C)C. The fourth-order valence-electron chi connectivity index (χ4n) is 2.22. The largest absolute Gasteiger partial charge is 0.450 e. The Labute approximate surface area is 152 Å². The van der Waals surface area contributed by atoms with Crippen molar-refractivity contribution in [1.82, 2.24) is 10.6 Å². The number of carbonyl (C=O) groups is 2. The first-order valence-electron chi connectivity index (χ1n) is 7.92. The summed E-state index contributed by atoms with van der Waals surface area (Å²) in [5.41, 5.74) is 0.433. The lowest BCUT2D eigenvalue weighted by atomic mass is 10.0. The average Bonchev–Trinajstić information content (AvgIpc) is 2.52. The highest BCUT2D eigenvalue weighted by Crippen LogP contribution is 2.22. The van der Waals surface area contributed by atoms with Crippen molar-refractivity contribution in [3.63, 3.8) is 0 Å². The first kappa shape index (κ1) is 20.6. The van der Waals surface area contributed by atoms with E-state index in [0.717, 1.165) is 11.3 Å². The van der Waals surface area contributed by atoms with Gasteiger partial charge in [0.15, 0.2) is 0 Å². The van der Waals surface area contributed by atoms with Crippen LogP contribution >= 0.6 is 23.4 Å². The van der Waals surface area contributed by atoms with Gasteiger partial charge in [-0.05, 0) is 43.7 Å². The minimum absolute atomic E-state index is 0.199. The van der Waals surface area contributed by atoms with E-state index in [1.165, 1.54) is 0 Å². The zero-order chi connectivity index (χ0) is 18.1. The van der Waals surface area contributed by atoms with Crippen molar-refractivity contribution in [3.8, 4) is 0 Å². The lowest BCUT2D eigenvalue weighted by molar-refractivity contribution is 0.0944. The molecule has 1 aromatic carbocycles. The monoisotopic (exact) mass is 372 g/mol. The van der Waals surface area contributed by atoms with Gasteiger partial charge in [-0.15, -0.1) is 11.8 Å². The molecule has 2 N–H and O–H groups in total. The number of nitrogens with one attached hydrogen (secondary N) is 2. The van der Waals surface area contributed by atoms with E-state index in [1.54, 1.807) is 30.8 Å². The second-order valence-electron chi connectivity index (χ2n) is 5.75. The summed E-state index contributed by atoms with van der Waals surface area (Å²) < 4.78 is 4.91. The third-order valence-electron chi connectivity index (χ3n) is 3.28. The highest BCUT2D eigenvalue weighted by Gasteiger charge is 2.17. The topological polar surface area (TPSA) is 67.4 Å². The Morgan fingerprint density at radius 3 is 2.62 bits per heavy atom. The maximum Gasteiger partial charge on any atom is 0.407 e. The third kappa shape index (κ3) is 7.01. The molecule has 0 fully saturated rings. The molecule has 1 rings (SSSR count). The molecule has 1 unspecified atom stereocenters. The minimum Gasteiger partial charge on any atom is -0.450 e. The summed E-state index contributed by atoms with van der Waals surface area (Å²) in [6.45, 7) is 6.49. The molecule has 0 saturated carbocycles.